The third-order valence-corrected chi connectivity index (χ3v) is 8.51. The molecule has 2 unspecified atom stereocenters. The number of likely N-dealkylation sites (tertiary alicyclic amines) is 1. The summed E-state index contributed by atoms with van der Waals surface area (Å²) in [6.07, 6.45) is 2.13. The fourth-order valence-electron chi connectivity index (χ4n) is 5.60. The highest BCUT2D eigenvalue weighted by Crippen LogP contribution is 2.34. The molecule has 2 bridgehead atoms. The molecule has 2 aromatic heterocycles. The molecule has 0 aliphatic carbocycles. The number of hydrogen-bond acceptors (Lipinski definition) is 6. The Morgan fingerprint density at radius 3 is 2.50 bits per heavy atom. The third kappa shape index (κ3) is 4.36. The zero-order valence-corrected chi connectivity index (χ0v) is 22.2. The highest BCUT2D eigenvalue weighted by Gasteiger charge is 2.46. The van der Waals surface area contributed by atoms with E-state index < -0.39 is 10.0 Å². The minimum absolute atomic E-state index is 0.0327. The molecule has 9 nitrogen and oxygen atoms in total. The Morgan fingerprint density at radius 1 is 1.14 bits per heavy atom. The summed E-state index contributed by atoms with van der Waals surface area (Å²) >= 11 is 0. The van der Waals surface area contributed by atoms with Crippen LogP contribution in [0.2, 0.25) is 0 Å². The number of aromatic nitrogens is 3. The van der Waals surface area contributed by atoms with Crippen LogP contribution in [0, 0.1) is 16.7 Å². The summed E-state index contributed by atoms with van der Waals surface area (Å²) in [6.45, 7) is 8.78. The molecule has 2 atom stereocenters. The number of pyridine rings is 1. The fraction of sp³-hybridized carbons (Fsp3) is 0.500. The van der Waals surface area contributed by atoms with E-state index in [9.17, 15) is 18.5 Å². The van der Waals surface area contributed by atoms with E-state index in [2.05, 4.69) is 31.7 Å². The first-order valence-electron chi connectivity index (χ1n) is 12.2. The molecular weight excluding hydrogens is 476 g/mol. The lowest BCUT2D eigenvalue weighted by Crippen LogP contribution is -2.47. The van der Waals surface area contributed by atoms with E-state index in [1.54, 1.807) is 20.5 Å². The Labute approximate surface area is 211 Å². The van der Waals surface area contributed by atoms with Gasteiger partial charge >= 0.3 is 5.69 Å². The van der Waals surface area contributed by atoms with Crippen molar-refractivity contribution < 1.29 is 8.42 Å². The summed E-state index contributed by atoms with van der Waals surface area (Å²) in [6, 6.07) is 12.1. The van der Waals surface area contributed by atoms with Crippen LogP contribution in [0.4, 0.5) is 0 Å². The van der Waals surface area contributed by atoms with Gasteiger partial charge in [-0.1, -0.05) is 26.8 Å². The van der Waals surface area contributed by atoms with Crippen molar-refractivity contribution >= 4 is 21.2 Å². The van der Waals surface area contributed by atoms with E-state index in [4.69, 9.17) is 4.98 Å². The molecule has 0 radical (unpaired) electrons. The fourth-order valence-corrected chi connectivity index (χ4v) is 6.73. The van der Waals surface area contributed by atoms with E-state index in [1.807, 2.05) is 30.3 Å². The van der Waals surface area contributed by atoms with Gasteiger partial charge in [0.25, 0.3) is 0 Å². The number of sulfonamides is 1. The van der Waals surface area contributed by atoms with Crippen LogP contribution >= 0.6 is 0 Å². The molecule has 0 amide bonds. The number of nitriles is 1. The van der Waals surface area contributed by atoms with Gasteiger partial charge < -0.3 is 0 Å². The van der Waals surface area contributed by atoms with Gasteiger partial charge in [-0.2, -0.15) is 9.57 Å². The Bertz CT molecular complexity index is 1560. The van der Waals surface area contributed by atoms with Gasteiger partial charge in [0, 0.05) is 50.9 Å². The minimum Gasteiger partial charge on any atom is -0.293 e. The predicted molar refractivity (Wildman–Crippen MR) is 139 cm³/mol. The summed E-state index contributed by atoms with van der Waals surface area (Å²) in [7, 11) is -1.45. The number of hydrogen-bond donors (Lipinski definition) is 0. The predicted octanol–water partition coefficient (Wildman–Crippen LogP) is 2.54. The maximum atomic E-state index is 12.9. The summed E-state index contributed by atoms with van der Waals surface area (Å²) in [5.41, 5.74) is 4.15. The molecule has 0 N–H and O–H groups in total. The van der Waals surface area contributed by atoms with Crippen molar-refractivity contribution in [3.63, 3.8) is 0 Å². The number of fused-ring (bicyclic) bond motifs is 3. The summed E-state index contributed by atoms with van der Waals surface area (Å²) in [5.74, 6) is 0. The Hall–Kier alpha value is -3.00. The molecular formula is C26H32N6O3S. The van der Waals surface area contributed by atoms with E-state index in [-0.39, 0.29) is 23.2 Å². The molecule has 2 aliphatic heterocycles. The number of rotatable bonds is 5. The van der Waals surface area contributed by atoms with Gasteiger partial charge in [0.15, 0.2) is 5.65 Å². The topological polar surface area (TPSA) is 104 Å². The Morgan fingerprint density at radius 2 is 1.89 bits per heavy atom. The molecule has 5 rings (SSSR count). The van der Waals surface area contributed by atoms with Crippen molar-refractivity contribution in [3.8, 4) is 17.3 Å². The molecule has 0 spiro atoms. The van der Waals surface area contributed by atoms with Crippen LogP contribution in [0.25, 0.3) is 22.4 Å². The molecule has 2 fully saturated rings. The van der Waals surface area contributed by atoms with Crippen LogP contribution in [-0.4, -0.2) is 63.2 Å². The molecule has 4 heterocycles. The van der Waals surface area contributed by atoms with Gasteiger partial charge in [-0.05, 0) is 41.7 Å². The van der Waals surface area contributed by atoms with Gasteiger partial charge in [0.1, 0.15) is 0 Å². The Kier molecular flexibility index (Phi) is 5.86. The zero-order chi connectivity index (χ0) is 26.0. The summed E-state index contributed by atoms with van der Waals surface area (Å²) in [4.78, 5) is 20.1. The highest BCUT2D eigenvalue weighted by molar-refractivity contribution is 7.88. The van der Waals surface area contributed by atoms with Crippen molar-refractivity contribution in [1.82, 2.24) is 23.3 Å². The molecule has 1 aromatic carbocycles. The second-order valence-electron chi connectivity index (χ2n) is 11.3. The van der Waals surface area contributed by atoms with Crippen LogP contribution in [0.5, 0.6) is 0 Å². The number of aryl methyl sites for hydroxylation is 1. The standard InChI is InChI=1S/C26H32N6O3S/c1-26(2,3)16-31-23-9-8-22(28-24(23)29(4)25(31)33)21-10-17(6-7-18(21)12-27)13-30-14-20-11-19(30)15-32(20)36(5,34)35/h6-10,19-20H,11,13-16H2,1-5H3. The SMILES string of the molecule is Cn1c(=O)n(CC(C)(C)C)c2ccc(-c3cc(CN4CC5CC4CN5S(C)(=O)=O)ccc3C#N)nc21. The van der Waals surface area contributed by atoms with E-state index >= 15 is 0 Å². The monoisotopic (exact) mass is 508 g/mol. The molecule has 36 heavy (non-hydrogen) atoms. The van der Waals surface area contributed by atoms with Gasteiger partial charge in [0.05, 0.1) is 29.1 Å². The van der Waals surface area contributed by atoms with Gasteiger partial charge in [-0.25, -0.2) is 18.2 Å². The van der Waals surface area contributed by atoms with Crippen LogP contribution in [0.15, 0.2) is 35.1 Å². The van der Waals surface area contributed by atoms with Crippen LogP contribution in [0.3, 0.4) is 0 Å². The molecule has 0 saturated carbocycles. The average Bonchev–Trinajstić information content (AvgIpc) is 3.47. The van der Waals surface area contributed by atoms with Crippen molar-refractivity contribution in [2.75, 3.05) is 19.3 Å². The lowest BCUT2D eigenvalue weighted by Gasteiger charge is -2.32. The van der Waals surface area contributed by atoms with E-state index in [1.165, 1.54) is 6.26 Å². The summed E-state index contributed by atoms with van der Waals surface area (Å²) in [5, 5.41) is 9.78. The smallest absolute Gasteiger partial charge is 0.293 e. The third-order valence-electron chi connectivity index (χ3n) is 7.21. The van der Waals surface area contributed by atoms with Crippen molar-refractivity contribution in [2.24, 2.45) is 12.5 Å². The first-order chi connectivity index (χ1) is 16.9. The minimum atomic E-state index is -3.18. The van der Waals surface area contributed by atoms with Gasteiger partial charge in [-0.3, -0.25) is 14.0 Å². The Balaban J connectivity index is 1.46. The maximum absolute atomic E-state index is 12.9. The van der Waals surface area contributed by atoms with Crippen molar-refractivity contribution in [1.29, 1.82) is 5.26 Å². The van der Waals surface area contributed by atoms with Crippen molar-refractivity contribution in [2.45, 2.75) is 52.4 Å². The molecule has 3 aromatic rings. The maximum Gasteiger partial charge on any atom is 0.330 e. The summed E-state index contributed by atoms with van der Waals surface area (Å²) < 4.78 is 29.0. The van der Waals surface area contributed by atoms with Crippen molar-refractivity contribution in [3.05, 3.63) is 51.9 Å². The number of imidazole rings is 1. The molecule has 2 aliphatic rings. The highest BCUT2D eigenvalue weighted by atomic mass is 32.2. The normalized spacial score (nSPS) is 20.9. The van der Waals surface area contributed by atoms with Crippen LogP contribution in [-0.2, 0) is 30.2 Å². The van der Waals surface area contributed by atoms with E-state index in [0.717, 1.165) is 23.1 Å². The lowest BCUT2D eigenvalue weighted by molar-refractivity contribution is 0.175. The van der Waals surface area contributed by atoms with Crippen LogP contribution < -0.4 is 5.69 Å². The number of benzene rings is 1. The quantitative estimate of drug-likeness (QED) is 0.525. The second-order valence-corrected chi connectivity index (χ2v) is 13.3. The largest absolute Gasteiger partial charge is 0.330 e. The molecule has 10 heteroatoms. The second kappa shape index (κ2) is 8.54. The first kappa shape index (κ1) is 24.7. The van der Waals surface area contributed by atoms with Gasteiger partial charge in [-0.15, -0.1) is 0 Å². The average molecular weight is 509 g/mol. The zero-order valence-electron chi connectivity index (χ0n) is 21.4. The molecule has 190 valence electrons. The van der Waals surface area contributed by atoms with Crippen LogP contribution in [0.1, 0.15) is 38.3 Å². The number of nitrogens with zero attached hydrogens (tertiary/aromatic N) is 6. The molecule has 2 saturated heterocycles. The lowest BCUT2D eigenvalue weighted by atomic mass is 9.97. The number of piperazine rings is 1. The van der Waals surface area contributed by atoms with Gasteiger partial charge in [0.2, 0.25) is 10.0 Å². The van der Waals surface area contributed by atoms with E-state index in [0.29, 0.717) is 43.1 Å². The first-order valence-corrected chi connectivity index (χ1v) is 14.0.